The standard InChI is InChI=1S/C23H18F3N5O/c1-14(15-6-3-2-4-7-15)28-22-27-11-10-19(29-22)18-13-20(32)30-31-21(18)16-8-5-9-17(12-16)23(24,25)26/h2-14H,1H3,(H,30,32)(H,27,28,29). The van der Waals surface area contributed by atoms with E-state index in [1.807, 2.05) is 37.3 Å². The maximum Gasteiger partial charge on any atom is 0.416 e. The van der Waals surface area contributed by atoms with Gasteiger partial charge in [0.1, 0.15) is 5.69 Å². The fraction of sp³-hybridized carbons (Fsp3) is 0.130. The van der Waals surface area contributed by atoms with Crippen LogP contribution >= 0.6 is 0 Å². The lowest BCUT2D eigenvalue weighted by Crippen LogP contribution is -2.11. The first-order valence-electron chi connectivity index (χ1n) is 9.73. The molecule has 2 heterocycles. The molecule has 0 bridgehead atoms. The topological polar surface area (TPSA) is 83.6 Å². The third kappa shape index (κ3) is 4.66. The van der Waals surface area contributed by atoms with Crippen molar-refractivity contribution in [1.29, 1.82) is 0 Å². The average molecular weight is 437 g/mol. The average Bonchev–Trinajstić information content (AvgIpc) is 2.79. The van der Waals surface area contributed by atoms with E-state index in [4.69, 9.17) is 0 Å². The molecule has 1 atom stereocenters. The number of nitrogens with zero attached hydrogens (tertiary/aromatic N) is 3. The molecule has 2 aromatic heterocycles. The van der Waals surface area contributed by atoms with Gasteiger partial charge in [-0.1, -0.05) is 42.5 Å². The quantitative estimate of drug-likeness (QED) is 0.455. The monoisotopic (exact) mass is 437 g/mol. The highest BCUT2D eigenvalue weighted by molar-refractivity contribution is 5.78. The summed E-state index contributed by atoms with van der Waals surface area (Å²) in [5.41, 5.74) is 0.758. The molecule has 6 nitrogen and oxygen atoms in total. The minimum absolute atomic E-state index is 0.0910. The number of aromatic nitrogens is 4. The summed E-state index contributed by atoms with van der Waals surface area (Å²) in [6.07, 6.45) is -2.99. The predicted octanol–water partition coefficient (Wildman–Crippen LogP) is 5.09. The van der Waals surface area contributed by atoms with Crippen molar-refractivity contribution in [2.75, 3.05) is 5.32 Å². The summed E-state index contributed by atoms with van der Waals surface area (Å²) in [4.78, 5) is 20.7. The molecule has 0 amide bonds. The van der Waals surface area contributed by atoms with Crippen molar-refractivity contribution in [1.82, 2.24) is 20.2 Å². The fourth-order valence-corrected chi connectivity index (χ4v) is 3.26. The minimum atomic E-state index is -4.50. The van der Waals surface area contributed by atoms with E-state index in [0.29, 0.717) is 17.2 Å². The number of benzene rings is 2. The summed E-state index contributed by atoms with van der Waals surface area (Å²) < 4.78 is 39.5. The molecular weight excluding hydrogens is 419 g/mol. The second-order valence-electron chi connectivity index (χ2n) is 7.12. The molecule has 0 saturated carbocycles. The summed E-state index contributed by atoms with van der Waals surface area (Å²) >= 11 is 0. The summed E-state index contributed by atoms with van der Waals surface area (Å²) in [6, 6.07) is 17.2. The van der Waals surface area contributed by atoms with Crippen molar-refractivity contribution < 1.29 is 13.2 Å². The first kappa shape index (κ1) is 21.2. The SMILES string of the molecule is CC(Nc1nccc(-c2cc(=O)[nH]nc2-c2cccc(C(F)(F)F)c2)n1)c1ccccc1. The van der Waals surface area contributed by atoms with Gasteiger partial charge in [-0.2, -0.15) is 18.3 Å². The van der Waals surface area contributed by atoms with Gasteiger partial charge in [-0.15, -0.1) is 0 Å². The number of aromatic amines is 1. The summed E-state index contributed by atoms with van der Waals surface area (Å²) in [7, 11) is 0. The van der Waals surface area contributed by atoms with Crippen molar-refractivity contribution in [2.45, 2.75) is 19.1 Å². The molecule has 162 valence electrons. The maximum absolute atomic E-state index is 13.2. The van der Waals surface area contributed by atoms with Crippen LogP contribution in [-0.2, 0) is 6.18 Å². The van der Waals surface area contributed by atoms with Crippen molar-refractivity contribution in [3.8, 4) is 22.5 Å². The van der Waals surface area contributed by atoms with Crippen molar-refractivity contribution in [2.24, 2.45) is 0 Å². The first-order chi connectivity index (χ1) is 15.3. The van der Waals surface area contributed by atoms with Crippen LogP contribution in [0.5, 0.6) is 0 Å². The Morgan fingerprint density at radius 2 is 1.78 bits per heavy atom. The van der Waals surface area contributed by atoms with E-state index in [0.717, 1.165) is 17.7 Å². The Balaban J connectivity index is 1.73. The van der Waals surface area contributed by atoms with Gasteiger partial charge in [0.2, 0.25) is 5.95 Å². The van der Waals surface area contributed by atoms with Crippen LogP contribution < -0.4 is 10.9 Å². The normalized spacial score (nSPS) is 12.4. The zero-order valence-corrected chi connectivity index (χ0v) is 16.9. The third-order valence-electron chi connectivity index (χ3n) is 4.85. The number of nitrogens with one attached hydrogen (secondary N) is 2. The van der Waals surface area contributed by atoms with Crippen LogP contribution in [-0.4, -0.2) is 20.2 Å². The Bertz CT molecular complexity index is 1290. The number of halogens is 3. The molecule has 0 aliphatic rings. The Morgan fingerprint density at radius 3 is 2.53 bits per heavy atom. The van der Waals surface area contributed by atoms with Crippen LogP contribution in [0.1, 0.15) is 24.1 Å². The molecule has 0 saturated heterocycles. The number of rotatable bonds is 5. The van der Waals surface area contributed by atoms with E-state index in [2.05, 4.69) is 25.5 Å². The summed E-state index contributed by atoms with van der Waals surface area (Å²) in [5, 5.41) is 9.48. The molecule has 0 aliphatic carbocycles. The number of anilines is 1. The Morgan fingerprint density at radius 1 is 1.00 bits per heavy atom. The van der Waals surface area contributed by atoms with Gasteiger partial charge in [0, 0.05) is 23.4 Å². The Kier molecular flexibility index (Phi) is 5.72. The Labute approximate surface area is 181 Å². The fourth-order valence-electron chi connectivity index (χ4n) is 3.26. The van der Waals surface area contributed by atoms with E-state index >= 15 is 0 Å². The highest BCUT2D eigenvalue weighted by Gasteiger charge is 2.30. The second-order valence-corrected chi connectivity index (χ2v) is 7.12. The van der Waals surface area contributed by atoms with E-state index < -0.39 is 17.3 Å². The van der Waals surface area contributed by atoms with Gasteiger partial charge >= 0.3 is 6.18 Å². The number of H-pyrrole nitrogens is 1. The molecule has 2 N–H and O–H groups in total. The van der Waals surface area contributed by atoms with E-state index in [9.17, 15) is 18.0 Å². The molecule has 0 radical (unpaired) electrons. The number of hydrogen-bond acceptors (Lipinski definition) is 5. The molecule has 0 aliphatic heterocycles. The molecule has 4 aromatic rings. The van der Waals surface area contributed by atoms with Crippen LogP contribution in [0.3, 0.4) is 0 Å². The highest BCUT2D eigenvalue weighted by Crippen LogP contribution is 2.34. The van der Waals surface area contributed by atoms with Gasteiger partial charge in [-0.05, 0) is 30.7 Å². The molecule has 2 aromatic carbocycles. The minimum Gasteiger partial charge on any atom is -0.348 e. The van der Waals surface area contributed by atoms with Crippen molar-refractivity contribution in [3.63, 3.8) is 0 Å². The van der Waals surface area contributed by atoms with Crippen LogP contribution in [0.2, 0.25) is 0 Å². The van der Waals surface area contributed by atoms with Gasteiger partial charge in [0.05, 0.1) is 17.3 Å². The zero-order valence-electron chi connectivity index (χ0n) is 16.9. The van der Waals surface area contributed by atoms with Gasteiger partial charge in [0.25, 0.3) is 5.56 Å². The second kappa shape index (κ2) is 8.62. The molecule has 0 spiro atoms. The lowest BCUT2D eigenvalue weighted by Gasteiger charge is -2.15. The molecule has 0 fully saturated rings. The lowest BCUT2D eigenvalue weighted by atomic mass is 10.0. The first-order valence-corrected chi connectivity index (χ1v) is 9.73. The smallest absolute Gasteiger partial charge is 0.348 e. The molecular formula is C23H18F3N5O. The third-order valence-corrected chi connectivity index (χ3v) is 4.85. The van der Waals surface area contributed by atoms with Gasteiger partial charge in [0.15, 0.2) is 0 Å². The Hall–Kier alpha value is -4.01. The molecule has 1 unspecified atom stereocenters. The van der Waals surface area contributed by atoms with Gasteiger partial charge < -0.3 is 5.32 Å². The summed E-state index contributed by atoms with van der Waals surface area (Å²) in [6.45, 7) is 1.95. The van der Waals surface area contributed by atoms with E-state index in [1.165, 1.54) is 24.4 Å². The predicted molar refractivity (Wildman–Crippen MR) is 115 cm³/mol. The van der Waals surface area contributed by atoms with Crippen LogP contribution in [0.4, 0.5) is 19.1 Å². The van der Waals surface area contributed by atoms with Crippen LogP contribution in [0.15, 0.2) is 77.7 Å². The van der Waals surface area contributed by atoms with Crippen molar-refractivity contribution >= 4 is 5.95 Å². The van der Waals surface area contributed by atoms with Gasteiger partial charge in [-0.3, -0.25) is 4.79 Å². The van der Waals surface area contributed by atoms with Crippen LogP contribution in [0, 0.1) is 0 Å². The van der Waals surface area contributed by atoms with E-state index in [1.54, 1.807) is 6.07 Å². The molecule has 4 rings (SSSR count). The highest BCUT2D eigenvalue weighted by atomic mass is 19.4. The summed E-state index contributed by atoms with van der Waals surface area (Å²) in [5.74, 6) is 0.314. The van der Waals surface area contributed by atoms with Crippen molar-refractivity contribution in [3.05, 3.63) is 94.4 Å². The largest absolute Gasteiger partial charge is 0.416 e. The molecule has 32 heavy (non-hydrogen) atoms. The van der Waals surface area contributed by atoms with Crippen LogP contribution in [0.25, 0.3) is 22.5 Å². The number of hydrogen-bond donors (Lipinski definition) is 2. The number of alkyl halides is 3. The molecule has 9 heteroatoms. The maximum atomic E-state index is 13.2. The zero-order chi connectivity index (χ0) is 22.7. The van der Waals surface area contributed by atoms with E-state index in [-0.39, 0.29) is 17.3 Å². The lowest BCUT2D eigenvalue weighted by molar-refractivity contribution is -0.137. The van der Waals surface area contributed by atoms with Gasteiger partial charge in [-0.25, -0.2) is 15.1 Å².